The number of halogens is 1. The molecule has 4 rings (SSSR count). The van der Waals surface area contributed by atoms with Gasteiger partial charge in [0.1, 0.15) is 0 Å². The summed E-state index contributed by atoms with van der Waals surface area (Å²) in [6.07, 6.45) is 6.91. The molecule has 0 unspecified atom stereocenters. The lowest BCUT2D eigenvalue weighted by Gasteiger charge is -2.40. The van der Waals surface area contributed by atoms with E-state index in [2.05, 4.69) is 33.3 Å². The van der Waals surface area contributed by atoms with Crippen molar-refractivity contribution < 1.29 is 4.79 Å². The van der Waals surface area contributed by atoms with Gasteiger partial charge < -0.3 is 5.32 Å². The fraction of sp³-hybridized carbons (Fsp3) is 0.500. The third kappa shape index (κ3) is 5.01. The molecule has 2 aromatic carbocycles. The SMILES string of the molecule is Cl.O=C(CN1CCN(C2CCCCC2)CC1)Nc1cccc2ccccc12. The van der Waals surface area contributed by atoms with Gasteiger partial charge in [-0.3, -0.25) is 14.6 Å². The summed E-state index contributed by atoms with van der Waals surface area (Å²) in [5.74, 6) is 0.0902. The highest BCUT2D eigenvalue weighted by molar-refractivity contribution is 6.02. The zero-order chi connectivity index (χ0) is 17.8. The van der Waals surface area contributed by atoms with Gasteiger partial charge in [-0.1, -0.05) is 55.7 Å². The molecule has 2 aromatic rings. The second-order valence-electron chi connectivity index (χ2n) is 7.68. The summed E-state index contributed by atoms with van der Waals surface area (Å²) in [5, 5.41) is 5.37. The predicted molar refractivity (Wildman–Crippen MR) is 115 cm³/mol. The largest absolute Gasteiger partial charge is 0.324 e. The summed E-state index contributed by atoms with van der Waals surface area (Å²) in [6.45, 7) is 4.69. The number of anilines is 1. The Hall–Kier alpha value is -1.62. The van der Waals surface area contributed by atoms with E-state index in [1.807, 2.05) is 24.3 Å². The number of piperazine rings is 1. The minimum Gasteiger partial charge on any atom is -0.324 e. The maximum absolute atomic E-state index is 12.5. The van der Waals surface area contributed by atoms with Crippen molar-refractivity contribution in [3.8, 4) is 0 Å². The second kappa shape index (κ2) is 9.54. The molecular formula is C22H30ClN3O. The van der Waals surface area contributed by atoms with E-state index in [-0.39, 0.29) is 18.3 Å². The Kier molecular flexibility index (Phi) is 7.11. The number of nitrogens with one attached hydrogen (secondary N) is 1. The summed E-state index contributed by atoms with van der Waals surface area (Å²) in [5.41, 5.74) is 0.911. The van der Waals surface area contributed by atoms with Gasteiger partial charge in [-0.05, 0) is 24.3 Å². The average Bonchev–Trinajstić information content (AvgIpc) is 2.69. The third-order valence-corrected chi connectivity index (χ3v) is 5.93. The van der Waals surface area contributed by atoms with Crippen LogP contribution in [0.15, 0.2) is 42.5 Å². The first-order valence-electron chi connectivity index (χ1n) is 10.0. The normalized spacial score (nSPS) is 19.6. The smallest absolute Gasteiger partial charge is 0.238 e. The topological polar surface area (TPSA) is 35.6 Å². The Morgan fingerprint density at radius 3 is 2.41 bits per heavy atom. The molecule has 146 valence electrons. The standard InChI is InChI=1S/C22H29N3O.ClH/c26-22(23-21-12-6-8-18-7-4-5-11-20(18)21)17-24-13-15-25(16-14-24)19-9-2-1-3-10-19;/h4-8,11-12,19H,1-3,9-10,13-17H2,(H,23,26);1H. The zero-order valence-corrected chi connectivity index (χ0v) is 16.7. The highest BCUT2D eigenvalue weighted by Crippen LogP contribution is 2.24. The Labute approximate surface area is 168 Å². The van der Waals surface area contributed by atoms with Gasteiger partial charge in [0.2, 0.25) is 5.91 Å². The van der Waals surface area contributed by atoms with Crippen molar-refractivity contribution in [3.63, 3.8) is 0 Å². The van der Waals surface area contributed by atoms with E-state index in [9.17, 15) is 4.79 Å². The van der Waals surface area contributed by atoms with E-state index in [1.54, 1.807) is 0 Å². The van der Waals surface area contributed by atoms with E-state index >= 15 is 0 Å². The molecule has 2 fully saturated rings. The third-order valence-electron chi connectivity index (χ3n) is 5.93. The molecule has 1 saturated heterocycles. The van der Waals surface area contributed by atoms with Gasteiger partial charge in [0.15, 0.2) is 0 Å². The maximum atomic E-state index is 12.5. The Balaban J connectivity index is 0.00000210. The van der Waals surface area contributed by atoms with E-state index < -0.39 is 0 Å². The van der Waals surface area contributed by atoms with Crippen molar-refractivity contribution in [2.75, 3.05) is 38.0 Å². The minimum atomic E-state index is 0. The van der Waals surface area contributed by atoms with E-state index in [1.165, 1.54) is 32.1 Å². The number of fused-ring (bicyclic) bond motifs is 1. The van der Waals surface area contributed by atoms with Gasteiger partial charge in [-0.2, -0.15) is 0 Å². The summed E-state index contributed by atoms with van der Waals surface area (Å²) >= 11 is 0. The van der Waals surface area contributed by atoms with E-state index in [0.717, 1.165) is 48.7 Å². The van der Waals surface area contributed by atoms with Crippen molar-refractivity contribution in [1.29, 1.82) is 0 Å². The molecule has 1 saturated carbocycles. The summed E-state index contributed by atoms with van der Waals surface area (Å²) in [6, 6.07) is 15.0. The quantitative estimate of drug-likeness (QED) is 0.855. The molecule has 0 atom stereocenters. The van der Waals surface area contributed by atoms with Gasteiger partial charge in [-0.15, -0.1) is 12.4 Å². The number of hydrogen-bond donors (Lipinski definition) is 1. The van der Waals surface area contributed by atoms with Gasteiger partial charge in [0.05, 0.1) is 6.54 Å². The number of nitrogens with zero attached hydrogens (tertiary/aromatic N) is 2. The molecule has 5 heteroatoms. The van der Waals surface area contributed by atoms with Crippen molar-refractivity contribution in [1.82, 2.24) is 9.80 Å². The van der Waals surface area contributed by atoms with Gasteiger partial charge in [0, 0.05) is 43.3 Å². The van der Waals surface area contributed by atoms with Gasteiger partial charge in [-0.25, -0.2) is 0 Å². The summed E-state index contributed by atoms with van der Waals surface area (Å²) in [7, 11) is 0. The lowest BCUT2D eigenvalue weighted by Crippen LogP contribution is -2.52. The molecular weight excluding hydrogens is 358 g/mol. The molecule has 0 bridgehead atoms. The lowest BCUT2D eigenvalue weighted by atomic mass is 9.94. The van der Waals surface area contributed by atoms with Gasteiger partial charge >= 0.3 is 0 Å². The fourth-order valence-electron chi connectivity index (χ4n) is 4.46. The number of carbonyl (C=O) groups excluding carboxylic acids is 1. The van der Waals surface area contributed by atoms with Crippen LogP contribution in [0.1, 0.15) is 32.1 Å². The van der Waals surface area contributed by atoms with Crippen LogP contribution < -0.4 is 5.32 Å². The zero-order valence-electron chi connectivity index (χ0n) is 15.9. The molecule has 1 aliphatic heterocycles. The molecule has 2 aliphatic rings. The second-order valence-corrected chi connectivity index (χ2v) is 7.68. The maximum Gasteiger partial charge on any atom is 0.238 e. The first-order valence-corrected chi connectivity index (χ1v) is 10.0. The predicted octanol–water partition coefficient (Wildman–Crippen LogP) is 4.15. The van der Waals surface area contributed by atoms with Crippen LogP contribution in [-0.2, 0) is 4.79 Å². The molecule has 0 aromatic heterocycles. The van der Waals surface area contributed by atoms with Crippen LogP contribution in [0.2, 0.25) is 0 Å². The molecule has 0 spiro atoms. The first-order chi connectivity index (χ1) is 12.8. The minimum absolute atomic E-state index is 0. The number of benzene rings is 2. The van der Waals surface area contributed by atoms with E-state index in [4.69, 9.17) is 0 Å². The van der Waals surface area contributed by atoms with Crippen molar-refractivity contribution in [2.45, 2.75) is 38.1 Å². The fourth-order valence-corrected chi connectivity index (χ4v) is 4.46. The number of hydrogen-bond acceptors (Lipinski definition) is 3. The first kappa shape index (κ1) is 20.1. The Morgan fingerprint density at radius 1 is 0.926 bits per heavy atom. The van der Waals surface area contributed by atoms with E-state index in [0.29, 0.717) is 6.54 Å². The number of rotatable bonds is 4. The monoisotopic (exact) mass is 387 g/mol. The van der Waals surface area contributed by atoms with Crippen LogP contribution in [0.3, 0.4) is 0 Å². The Morgan fingerprint density at radius 2 is 1.63 bits per heavy atom. The molecule has 1 N–H and O–H groups in total. The van der Waals surface area contributed by atoms with Crippen LogP contribution in [0, 0.1) is 0 Å². The molecule has 27 heavy (non-hydrogen) atoms. The summed E-state index contributed by atoms with van der Waals surface area (Å²) in [4.78, 5) is 17.5. The number of carbonyl (C=O) groups is 1. The molecule has 4 nitrogen and oxygen atoms in total. The molecule has 1 heterocycles. The lowest BCUT2D eigenvalue weighted by molar-refractivity contribution is -0.117. The van der Waals surface area contributed by atoms with Crippen LogP contribution in [0.4, 0.5) is 5.69 Å². The van der Waals surface area contributed by atoms with Crippen LogP contribution in [0.5, 0.6) is 0 Å². The van der Waals surface area contributed by atoms with Crippen molar-refractivity contribution >= 4 is 34.8 Å². The average molecular weight is 388 g/mol. The molecule has 0 radical (unpaired) electrons. The summed E-state index contributed by atoms with van der Waals surface area (Å²) < 4.78 is 0. The number of amides is 1. The highest BCUT2D eigenvalue weighted by Gasteiger charge is 2.25. The Bertz CT molecular complexity index is 747. The molecule has 1 aliphatic carbocycles. The highest BCUT2D eigenvalue weighted by atomic mass is 35.5. The van der Waals surface area contributed by atoms with Gasteiger partial charge in [0.25, 0.3) is 0 Å². The van der Waals surface area contributed by atoms with Crippen LogP contribution in [0.25, 0.3) is 10.8 Å². The van der Waals surface area contributed by atoms with Crippen molar-refractivity contribution in [3.05, 3.63) is 42.5 Å². The molecule has 1 amide bonds. The van der Waals surface area contributed by atoms with Crippen molar-refractivity contribution in [2.24, 2.45) is 0 Å². The van der Waals surface area contributed by atoms with Crippen LogP contribution >= 0.6 is 12.4 Å². The van der Waals surface area contributed by atoms with Crippen LogP contribution in [-0.4, -0.2) is 54.5 Å².